The van der Waals surface area contributed by atoms with Crippen LogP contribution in [0.5, 0.6) is 0 Å². The summed E-state index contributed by atoms with van der Waals surface area (Å²) in [6.45, 7) is 0. The van der Waals surface area contributed by atoms with Crippen LogP contribution in [0.25, 0.3) is 0 Å². The fraction of sp³-hybridized carbons (Fsp3) is 0.250. The molecule has 106 valence electrons. The predicted molar refractivity (Wildman–Crippen MR) is 85.8 cm³/mol. The lowest BCUT2D eigenvalue weighted by molar-refractivity contribution is 0.555. The molecule has 20 heavy (non-hydrogen) atoms. The van der Waals surface area contributed by atoms with E-state index in [1.54, 1.807) is 12.1 Å². The lowest BCUT2D eigenvalue weighted by Crippen LogP contribution is -2.29. The Hall–Kier alpha value is -0.900. The number of likely N-dealkylation sites (N-methyl/N-ethyl adjacent to an activating group) is 1. The summed E-state index contributed by atoms with van der Waals surface area (Å²) in [5.74, 6) is -0.372. The van der Waals surface area contributed by atoms with E-state index in [9.17, 15) is 4.39 Å². The molecule has 1 atom stereocenters. The van der Waals surface area contributed by atoms with E-state index >= 15 is 0 Å². The molecule has 2 aromatic rings. The molecule has 1 unspecified atom stereocenters. The van der Waals surface area contributed by atoms with Crippen LogP contribution in [0.3, 0.4) is 0 Å². The van der Waals surface area contributed by atoms with Crippen LogP contribution in [-0.2, 0) is 12.8 Å². The number of nitrogens with one attached hydrogen (secondary N) is 1. The number of halogens is 3. The van der Waals surface area contributed by atoms with Gasteiger partial charge in [0.25, 0.3) is 0 Å². The number of hydrogen-bond acceptors (Lipinski definition) is 1. The van der Waals surface area contributed by atoms with Crippen LogP contribution in [0, 0.1) is 5.82 Å². The molecule has 0 aliphatic carbocycles. The van der Waals surface area contributed by atoms with Gasteiger partial charge in [0.2, 0.25) is 0 Å². The van der Waals surface area contributed by atoms with Gasteiger partial charge in [-0.1, -0.05) is 45.7 Å². The molecule has 0 spiro atoms. The zero-order valence-electron chi connectivity index (χ0n) is 11.2. The average Bonchev–Trinajstić information content (AvgIpc) is 2.42. The molecule has 2 aromatic carbocycles. The molecule has 0 saturated carbocycles. The lowest BCUT2D eigenvalue weighted by atomic mass is 9.99. The average molecular weight is 357 g/mol. The smallest absolute Gasteiger partial charge is 0.141 e. The van der Waals surface area contributed by atoms with E-state index in [1.165, 1.54) is 11.6 Å². The van der Waals surface area contributed by atoms with Crippen LogP contribution >= 0.6 is 27.5 Å². The molecule has 4 heteroatoms. The first-order valence-electron chi connectivity index (χ1n) is 6.44. The van der Waals surface area contributed by atoms with E-state index in [-0.39, 0.29) is 16.9 Å². The third kappa shape index (κ3) is 4.30. The number of benzene rings is 2. The Morgan fingerprint density at radius 2 is 1.85 bits per heavy atom. The van der Waals surface area contributed by atoms with Crippen LogP contribution in [0.4, 0.5) is 4.39 Å². The Bertz CT molecular complexity index is 588. The third-order valence-electron chi connectivity index (χ3n) is 3.25. The van der Waals surface area contributed by atoms with Crippen molar-refractivity contribution in [2.45, 2.75) is 18.9 Å². The third-order valence-corrected chi connectivity index (χ3v) is 4.03. The van der Waals surface area contributed by atoms with E-state index in [0.29, 0.717) is 0 Å². The second kappa shape index (κ2) is 7.21. The van der Waals surface area contributed by atoms with Gasteiger partial charge < -0.3 is 5.32 Å². The SMILES string of the molecule is CNC(Cc1cccc(Br)c1)Cc1ccc(F)c(Cl)c1. The van der Waals surface area contributed by atoms with Gasteiger partial charge in [-0.25, -0.2) is 4.39 Å². The molecule has 1 nitrogen and oxygen atoms in total. The normalized spacial score (nSPS) is 12.4. The minimum Gasteiger partial charge on any atom is -0.316 e. The van der Waals surface area contributed by atoms with E-state index < -0.39 is 0 Å². The van der Waals surface area contributed by atoms with Crippen LogP contribution < -0.4 is 5.32 Å². The van der Waals surface area contributed by atoms with E-state index in [4.69, 9.17) is 11.6 Å². The highest BCUT2D eigenvalue weighted by molar-refractivity contribution is 9.10. The van der Waals surface area contributed by atoms with Crippen molar-refractivity contribution in [3.05, 3.63) is 68.9 Å². The summed E-state index contributed by atoms with van der Waals surface area (Å²) in [4.78, 5) is 0. The van der Waals surface area contributed by atoms with Gasteiger partial charge in [-0.15, -0.1) is 0 Å². The van der Waals surface area contributed by atoms with Gasteiger partial charge in [-0.2, -0.15) is 0 Å². The van der Waals surface area contributed by atoms with Crippen molar-refractivity contribution >= 4 is 27.5 Å². The Balaban J connectivity index is 2.07. The maximum atomic E-state index is 13.2. The highest BCUT2D eigenvalue weighted by Crippen LogP contribution is 2.19. The van der Waals surface area contributed by atoms with Crippen LogP contribution in [-0.4, -0.2) is 13.1 Å². The summed E-state index contributed by atoms with van der Waals surface area (Å²) in [7, 11) is 1.94. The molecule has 0 aliphatic heterocycles. The summed E-state index contributed by atoms with van der Waals surface area (Å²) in [5, 5.41) is 3.48. The van der Waals surface area contributed by atoms with Gasteiger partial charge in [0.15, 0.2) is 0 Å². The molecule has 0 fully saturated rings. The molecule has 0 radical (unpaired) electrons. The minimum atomic E-state index is -0.372. The molecule has 0 bridgehead atoms. The van der Waals surface area contributed by atoms with E-state index in [2.05, 4.69) is 33.4 Å². The van der Waals surface area contributed by atoms with Crippen molar-refractivity contribution in [3.63, 3.8) is 0 Å². The summed E-state index contributed by atoms with van der Waals surface area (Å²) >= 11 is 9.30. The highest BCUT2D eigenvalue weighted by atomic mass is 79.9. The Morgan fingerprint density at radius 3 is 2.45 bits per heavy atom. The number of hydrogen-bond donors (Lipinski definition) is 1. The molecule has 0 aliphatic rings. The van der Waals surface area contributed by atoms with Gasteiger partial charge in [0, 0.05) is 10.5 Å². The molecular formula is C16H16BrClFN. The zero-order valence-corrected chi connectivity index (χ0v) is 13.5. The van der Waals surface area contributed by atoms with Gasteiger partial charge >= 0.3 is 0 Å². The Morgan fingerprint density at radius 1 is 1.15 bits per heavy atom. The molecule has 2 rings (SSSR count). The summed E-state index contributed by atoms with van der Waals surface area (Å²) in [6, 6.07) is 13.4. The summed E-state index contributed by atoms with van der Waals surface area (Å²) < 4.78 is 14.2. The van der Waals surface area contributed by atoms with Crippen molar-refractivity contribution in [2.24, 2.45) is 0 Å². The van der Waals surface area contributed by atoms with E-state index in [1.807, 2.05) is 19.2 Å². The molecule has 0 aromatic heterocycles. The fourth-order valence-corrected chi connectivity index (χ4v) is 2.83. The second-order valence-electron chi connectivity index (χ2n) is 4.77. The first kappa shape index (κ1) is 15.5. The van der Waals surface area contributed by atoms with Gasteiger partial charge in [-0.05, 0) is 55.3 Å². The topological polar surface area (TPSA) is 12.0 Å². The summed E-state index contributed by atoms with van der Waals surface area (Å²) in [6.07, 6.45) is 1.72. The Kier molecular flexibility index (Phi) is 5.58. The van der Waals surface area contributed by atoms with Gasteiger partial charge in [0.05, 0.1) is 5.02 Å². The van der Waals surface area contributed by atoms with Crippen LogP contribution in [0.1, 0.15) is 11.1 Å². The lowest BCUT2D eigenvalue weighted by Gasteiger charge is -2.17. The molecule has 0 heterocycles. The van der Waals surface area contributed by atoms with E-state index in [0.717, 1.165) is 22.9 Å². The quantitative estimate of drug-likeness (QED) is 0.824. The highest BCUT2D eigenvalue weighted by Gasteiger charge is 2.10. The van der Waals surface area contributed by atoms with Crippen molar-refractivity contribution in [1.29, 1.82) is 0 Å². The number of rotatable bonds is 5. The minimum absolute atomic E-state index is 0.180. The molecule has 1 N–H and O–H groups in total. The van der Waals surface area contributed by atoms with Crippen LogP contribution in [0.15, 0.2) is 46.9 Å². The standard InChI is InChI=1S/C16H16BrClFN/c1-20-14(8-11-3-2-4-13(17)7-11)9-12-5-6-16(19)15(18)10-12/h2-7,10,14,20H,8-9H2,1H3. The largest absolute Gasteiger partial charge is 0.316 e. The van der Waals surface area contributed by atoms with Crippen molar-refractivity contribution in [3.8, 4) is 0 Å². The van der Waals surface area contributed by atoms with Crippen molar-refractivity contribution < 1.29 is 4.39 Å². The molecule has 0 amide bonds. The van der Waals surface area contributed by atoms with Crippen LogP contribution in [0.2, 0.25) is 5.02 Å². The maximum Gasteiger partial charge on any atom is 0.141 e. The van der Waals surface area contributed by atoms with Crippen molar-refractivity contribution in [1.82, 2.24) is 5.32 Å². The monoisotopic (exact) mass is 355 g/mol. The summed E-state index contributed by atoms with van der Waals surface area (Å²) in [5.41, 5.74) is 2.29. The fourth-order valence-electron chi connectivity index (χ4n) is 2.18. The maximum absolute atomic E-state index is 13.2. The molecule has 0 saturated heterocycles. The van der Waals surface area contributed by atoms with Crippen molar-refractivity contribution in [2.75, 3.05) is 7.05 Å². The first-order valence-corrected chi connectivity index (χ1v) is 7.61. The Labute approximate surface area is 132 Å². The van der Waals surface area contributed by atoms with Gasteiger partial charge in [0.1, 0.15) is 5.82 Å². The second-order valence-corrected chi connectivity index (χ2v) is 6.10. The predicted octanol–water partition coefficient (Wildman–Crippen LogP) is 4.61. The zero-order chi connectivity index (χ0) is 14.5. The molecular weight excluding hydrogens is 341 g/mol. The van der Waals surface area contributed by atoms with Gasteiger partial charge in [-0.3, -0.25) is 0 Å². The first-order chi connectivity index (χ1) is 9.58.